The molecule has 0 fully saturated rings. The number of ether oxygens (including phenoxy) is 2. The van der Waals surface area contributed by atoms with Gasteiger partial charge in [-0.15, -0.1) is 0 Å². The first kappa shape index (κ1) is 12.5. The molecule has 0 saturated carbocycles. The number of carboxylic acids is 1. The smallest absolute Gasteiger partial charge is 0.307 e. The van der Waals surface area contributed by atoms with Gasteiger partial charge in [0, 0.05) is 7.11 Å². The van der Waals surface area contributed by atoms with Crippen molar-refractivity contribution in [1.29, 1.82) is 0 Å². The SMILES string of the molecule is COCC(C)Oc1cccc(CC(=O)O)c1. The van der Waals surface area contributed by atoms with Crippen molar-refractivity contribution in [3.63, 3.8) is 0 Å². The molecule has 0 aliphatic rings. The van der Waals surface area contributed by atoms with Crippen molar-refractivity contribution in [3.8, 4) is 5.75 Å². The average molecular weight is 224 g/mol. The number of carboxylic acid groups (broad SMARTS) is 1. The maximum atomic E-state index is 10.5. The predicted octanol–water partition coefficient (Wildman–Crippen LogP) is 1.73. The fourth-order valence-corrected chi connectivity index (χ4v) is 1.40. The van der Waals surface area contributed by atoms with Crippen LogP contribution in [0.25, 0.3) is 0 Å². The van der Waals surface area contributed by atoms with Crippen molar-refractivity contribution >= 4 is 5.97 Å². The molecule has 0 aliphatic heterocycles. The second-order valence-electron chi connectivity index (χ2n) is 3.60. The number of aliphatic carboxylic acids is 1. The number of rotatable bonds is 6. The van der Waals surface area contributed by atoms with E-state index in [1.165, 1.54) is 0 Å². The molecular formula is C12H16O4. The van der Waals surface area contributed by atoms with Crippen LogP contribution < -0.4 is 4.74 Å². The Morgan fingerprint density at radius 1 is 1.50 bits per heavy atom. The second-order valence-corrected chi connectivity index (χ2v) is 3.60. The van der Waals surface area contributed by atoms with E-state index in [-0.39, 0.29) is 12.5 Å². The molecule has 1 unspecified atom stereocenters. The van der Waals surface area contributed by atoms with E-state index < -0.39 is 5.97 Å². The number of carbonyl (C=O) groups is 1. The summed E-state index contributed by atoms with van der Waals surface area (Å²) in [5.41, 5.74) is 0.731. The van der Waals surface area contributed by atoms with E-state index in [1.54, 1.807) is 31.4 Å². The van der Waals surface area contributed by atoms with Crippen LogP contribution in [0.3, 0.4) is 0 Å². The number of hydrogen-bond donors (Lipinski definition) is 1. The van der Waals surface area contributed by atoms with Gasteiger partial charge >= 0.3 is 5.97 Å². The fourth-order valence-electron chi connectivity index (χ4n) is 1.40. The van der Waals surface area contributed by atoms with Crippen LogP contribution in [0.2, 0.25) is 0 Å². The van der Waals surface area contributed by atoms with Gasteiger partial charge in [-0.1, -0.05) is 12.1 Å². The van der Waals surface area contributed by atoms with Crippen LogP contribution in [0, 0.1) is 0 Å². The quantitative estimate of drug-likeness (QED) is 0.799. The highest BCUT2D eigenvalue weighted by atomic mass is 16.5. The van der Waals surface area contributed by atoms with Gasteiger partial charge in [-0.25, -0.2) is 0 Å². The van der Waals surface area contributed by atoms with Crippen LogP contribution in [-0.2, 0) is 16.0 Å². The lowest BCUT2D eigenvalue weighted by Crippen LogP contribution is -2.18. The summed E-state index contributed by atoms with van der Waals surface area (Å²) in [6.45, 7) is 2.40. The minimum atomic E-state index is -0.845. The Bertz CT molecular complexity index is 349. The summed E-state index contributed by atoms with van der Waals surface area (Å²) in [4.78, 5) is 10.5. The molecule has 4 heteroatoms. The van der Waals surface area contributed by atoms with Crippen LogP contribution >= 0.6 is 0 Å². The molecule has 0 spiro atoms. The van der Waals surface area contributed by atoms with Crippen LogP contribution in [0.15, 0.2) is 24.3 Å². The Hall–Kier alpha value is -1.55. The standard InChI is InChI=1S/C12H16O4/c1-9(8-15-2)16-11-5-3-4-10(6-11)7-12(13)14/h3-6,9H,7-8H2,1-2H3,(H,13,14). The van der Waals surface area contributed by atoms with Gasteiger partial charge in [0.25, 0.3) is 0 Å². The van der Waals surface area contributed by atoms with E-state index in [4.69, 9.17) is 14.6 Å². The van der Waals surface area contributed by atoms with E-state index in [2.05, 4.69) is 0 Å². The normalized spacial score (nSPS) is 12.1. The zero-order valence-electron chi connectivity index (χ0n) is 9.47. The Kier molecular flexibility index (Phi) is 4.79. The van der Waals surface area contributed by atoms with Gasteiger partial charge in [0.05, 0.1) is 13.0 Å². The first-order valence-electron chi connectivity index (χ1n) is 5.08. The number of hydrogen-bond acceptors (Lipinski definition) is 3. The number of methoxy groups -OCH3 is 1. The van der Waals surface area contributed by atoms with E-state index in [0.717, 1.165) is 5.56 Å². The highest BCUT2D eigenvalue weighted by molar-refractivity contribution is 5.70. The second kappa shape index (κ2) is 6.12. The molecule has 4 nitrogen and oxygen atoms in total. The maximum absolute atomic E-state index is 10.5. The van der Waals surface area contributed by atoms with Crippen molar-refractivity contribution in [2.24, 2.45) is 0 Å². The Balaban J connectivity index is 2.63. The third-order valence-corrected chi connectivity index (χ3v) is 1.99. The van der Waals surface area contributed by atoms with Crippen LogP contribution in [0.4, 0.5) is 0 Å². The van der Waals surface area contributed by atoms with Crippen LogP contribution in [0.5, 0.6) is 5.75 Å². The molecule has 1 atom stereocenters. The van der Waals surface area contributed by atoms with E-state index >= 15 is 0 Å². The van der Waals surface area contributed by atoms with Gasteiger partial charge in [-0.3, -0.25) is 4.79 Å². The molecule has 1 rings (SSSR count). The van der Waals surface area contributed by atoms with Crippen LogP contribution in [0.1, 0.15) is 12.5 Å². The van der Waals surface area contributed by atoms with E-state index in [1.807, 2.05) is 6.92 Å². The minimum absolute atomic E-state index is 0.00978. The fraction of sp³-hybridized carbons (Fsp3) is 0.417. The van der Waals surface area contributed by atoms with Crippen molar-refractivity contribution < 1.29 is 19.4 Å². The Morgan fingerprint density at radius 2 is 2.25 bits per heavy atom. The van der Waals surface area contributed by atoms with Crippen molar-refractivity contribution in [1.82, 2.24) is 0 Å². The molecule has 1 aromatic rings. The Morgan fingerprint density at radius 3 is 2.88 bits per heavy atom. The van der Waals surface area contributed by atoms with Gasteiger partial charge in [0.1, 0.15) is 11.9 Å². The molecular weight excluding hydrogens is 208 g/mol. The molecule has 0 heterocycles. The summed E-state index contributed by atoms with van der Waals surface area (Å²) in [6.07, 6.45) is -0.0411. The topological polar surface area (TPSA) is 55.8 Å². The maximum Gasteiger partial charge on any atom is 0.307 e. The molecule has 0 radical (unpaired) electrons. The van der Waals surface area contributed by atoms with E-state index in [9.17, 15) is 4.79 Å². The molecule has 1 N–H and O–H groups in total. The highest BCUT2D eigenvalue weighted by Crippen LogP contribution is 2.15. The van der Waals surface area contributed by atoms with Crippen molar-refractivity contribution in [2.75, 3.05) is 13.7 Å². The lowest BCUT2D eigenvalue weighted by Gasteiger charge is -2.14. The highest BCUT2D eigenvalue weighted by Gasteiger charge is 2.05. The lowest BCUT2D eigenvalue weighted by molar-refractivity contribution is -0.136. The zero-order chi connectivity index (χ0) is 12.0. The molecule has 0 saturated heterocycles. The van der Waals surface area contributed by atoms with Crippen LogP contribution in [-0.4, -0.2) is 30.9 Å². The summed E-state index contributed by atoms with van der Waals surface area (Å²) in [6, 6.07) is 7.09. The predicted molar refractivity (Wildman–Crippen MR) is 59.7 cm³/mol. The van der Waals surface area contributed by atoms with Crippen molar-refractivity contribution in [3.05, 3.63) is 29.8 Å². The van der Waals surface area contributed by atoms with Gasteiger partial charge in [-0.05, 0) is 24.6 Å². The van der Waals surface area contributed by atoms with Gasteiger partial charge in [-0.2, -0.15) is 0 Å². The molecule has 88 valence electrons. The summed E-state index contributed by atoms with van der Waals surface area (Å²) >= 11 is 0. The molecule has 0 aliphatic carbocycles. The first-order valence-corrected chi connectivity index (χ1v) is 5.08. The largest absolute Gasteiger partial charge is 0.488 e. The van der Waals surface area contributed by atoms with Gasteiger partial charge in [0.2, 0.25) is 0 Å². The summed E-state index contributed by atoms with van der Waals surface area (Å²) in [5, 5.41) is 8.66. The first-order chi connectivity index (χ1) is 7.61. The molecule has 16 heavy (non-hydrogen) atoms. The molecule has 0 bridgehead atoms. The summed E-state index contributed by atoms with van der Waals surface area (Å²) in [7, 11) is 1.61. The lowest BCUT2D eigenvalue weighted by atomic mass is 10.1. The van der Waals surface area contributed by atoms with Gasteiger partial charge < -0.3 is 14.6 Å². The third-order valence-electron chi connectivity index (χ3n) is 1.99. The zero-order valence-corrected chi connectivity index (χ0v) is 9.47. The molecule has 0 amide bonds. The molecule has 0 aromatic heterocycles. The monoisotopic (exact) mass is 224 g/mol. The third kappa shape index (κ3) is 4.31. The summed E-state index contributed by atoms with van der Waals surface area (Å²) < 4.78 is 10.5. The summed E-state index contributed by atoms with van der Waals surface area (Å²) in [5.74, 6) is -0.176. The van der Waals surface area contributed by atoms with Gasteiger partial charge in [0.15, 0.2) is 0 Å². The van der Waals surface area contributed by atoms with Crippen molar-refractivity contribution in [2.45, 2.75) is 19.4 Å². The minimum Gasteiger partial charge on any atom is -0.488 e. The molecule has 1 aromatic carbocycles. The Labute approximate surface area is 94.8 Å². The van der Waals surface area contributed by atoms with E-state index in [0.29, 0.717) is 12.4 Å². The average Bonchev–Trinajstić information content (AvgIpc) is 2.17. The number of benzene rings is 1.